The van der Waals surface area contributed by atoms with Crippen molar-refractivity contribution in [1.29, 1.82) is 0 Å². The lowest BCUT2D eigenvalue weighted by Gasteiger charge is -2.43. The number of allylic oxidation sites excluding steroid dienone is 1. The number of benzene rings is 2. The van der Waals surface area contributed by atoms with Crippen LogP contribution >= 0.6 is 0 Å². The first-order valence-corrected chi connectivity index (χ1v) is 10.7. The Balaban J connectivity index is 1.52. The van der Waals surface area contributed by atoms with E-state index in [1.54, 1.807) is 6.20 Å². The molecule has 0 bridgehead atoms. The van der Waals surface area contributed by atoms with Gasteiger partial charge in [0.25, 0.3) is 0 Å². The van der Waals surface area contributed by atoms with Gasteiger partial charge >= 0.3 is 0 Å². The Labute approximate surface area is 183 Å². The number of likely N-dealkylation sites (tertiary alicyclic amines) is 1. The lowest BCUT2D eigenvalue weighted by molar-refractivity contribution is -0.138. The van der Waals surface area contributed by atoms with Gasteiger partial charge in [-0.3, -0.25) is 9.78 Å². The van der Waals surface area contributed by atoms with Crippen molar-refractivity contribution in [3.05, 3.63) is 103 Å². The van der Waals surface area contributed by atoms with Crippen LogP contribution in [0.2, 0.25) is 0 Å². The van der Waals surface area contributed by atoms with E-state index in [9.17, 15) is 9.18 Å². The highest BCUT2D eigenvalue weighted by atomic mass is 19.1. The number of halogens is 1. The van der Waals surface area contributed by atoms with Crippen LogP contribution in [-0.2, 0) is 10.2 Å². The zero-order valence-corrected chi connectivity index (χ0v) is 17.8. The summed E-state index contributed by atoms with van der Waals surface area (Å²) in [5.41, 5.74) is 3.75. The van der Waals surface area contributed by atoms with E-state index in [4.69, 9.17) is 0 Å². The van der Waals surface area contributed by atoms with Gasteiger partial charge in [-0.05, 0) is 42.5 Å². The molecule has 0 aliphatic carbocycles. The summed E-state index contributed by atoms with van der Waals surface area (Å²) in [6.45, 7) is 6.71. The molecule has 1 aromatic heterocycles. The van der Waals surface area contributed by atoms with E-state index in [1.807, 2.05) is 53.4 Å². The first-order valence-electron chi connectivity index (χ1n) is 10.7. The van der Waals surface area contributed by atoms with Crippen LogP contribution in [0.25, 0.3) is 11.1 Å². The largest absolute Gasteiger partial charge is 0.336 e. The summed E-state index contributed by atoms with van der Waals surface area (Å²) in [6, 6.07) is 19.7. The molecule has 0 saturated carbocycles. The molecule has 4 rings (SSSR count). The number of carbonyl (C=O) groups excluding carboxylic acids is 1. The Kier molecular flexibility index (Phi) is 5.99. The number of carbonyl (C=O) groups is 1. The van der Waals surface area contributed by atoms with Gasteiger partial charge in [-0.2, -0.15) is 0 Å². The molecule has 31 heavy (non-hydrogen) atoms. The molecule has 158 valence electrons. The average molecular weight is 415 g/mol. The summed E-state index contributed by atoms with van der Waals surface area (Å²) in [6.07, 6.45) is 6.97. The van der Waals surface area contributed by atoms with Gasteiger partial charge < -0.3 is 4.90 Å². The predicted octanol–water partition coefficient (Wildman–Crippen LogP) is 6.09. The van der Waals surface area contributed by atoms with Crippen molar-refractivity contribution in [3.8, 4) is 11.1 Å². The van der Waals surface area contributed by atoms with Crippen molar-refractivity contribution in [2.24, 2.45) is 0 Å². The average Bonchev–Trinajstić information content (AvgIpc) is 2.80. The number of nitrogens with zero attached hydrogens (tertiary/aromatic N) is 2. The fourth-order valence-corrected chi connectivity index (χ4v) is 4.66. The Morgan fingerprint density at radius 2 is 1.87 bits per heavy atom. The van der Waals surface area contributed by atoms with Crippen LogP contribution in [0.4, 0.5) is 4.39 Å². The molecule has 1 saturated heterocycles. The van der Waals surface area contributed by atoms with Crippen LogP contribution in [0.3, 0.4) is 0 Å². The molecule has 2 atom stereocenters. The lowest BCUT2D eigenvalue weighted by Crippen LogP contribution is -2.47. The van der Waals surface area contributed by atoms with Gasteiger partial charge in [0.2, 0.25) is 5.91 Å². The third-order valence-electron chi connectivity index (χ3n) is 6.46. The highest BCUT2D eigenvalue weighted by Gasteiger charge is 2.40. The van der Waals surface area contributed by atoms with Gasteiger partial charge in [-0.1, -0.05) is 60.7 Å². The maximum Gasteiger partial charge on any atom is 0.223 e. The summed E-state index contributed by atoms with van der Waals surface area (Å²) in [4.78, 5) is 19.1. The summed E-state index contributed by atoms with van der Waals surface area (Å²) < 4.78 is 13.5. The zero-order valence-electron chi connectivity index (χ0n) is 17.8. The highest BCUT2D eigenvalue weighted by Crippen LogP contribution is 2.41. The number of pyridine rings is 1. The summed E-state index contributed by atoms with van der Waals surface area (Å²) >= 11 is 0. The van der Waals surface area contributed by atoms with Crippen LogP contribution in [-0.4, -0.2) is 22.3 Å². The maximum atomic E-state index is 13.5. The van der Waals surface area contributed by atoms with Gasteiger partial charge in [-0.15, -0.1) is 6.58 Å². The second-order valence-electron chi connectivity index (χ2n) is 8.34. The Bertz CT molecular complexity index is 1060. The highest BCUT2D eigenvalue weighted by molar-refractivity contribution is 5.79. The molecule has 3 nitrogen and oxygen atoms in total. The van der Waals surface area contributed by atoms with Gasteiger partial charge in [0, 0.05) is 30.1 Å². The summed E-state index contributed by atoms with van der Waals surface area (Å²) in [5, 5.41) is 0. The zero-order chi connectivity index (χ0) is 21.8. The molecule has 0 N–H and O–H groups in total. The Morgan fingerprint density at radius 3 is 2.52 bits per heavy atom. The normalized spacial score (nSPS) is 19.8. The number of piperidine rings is 1. The van der Waals surface area contributed by atoms with E-state index < -0.39 is 0 Å². The van der Waals surface area contributed by atoms with Crippen LogP contribution in [0.1, 0.15) is 43.4 Å². The molecule has 0 radical (unpaired) electrons. The molecule has 1 amide bonds. The van der Waals surface area contributed by atoms with Crippen molar-refractivity contribution in [3.63, 3.8) is 0 Å². The number of hydrogen-bond acceptors (Lipinski definition) is 2. The minimum atomic E-state index is -0.352. The monoisotopic (exact) mass is 414 g/mol. The van der Waals surface area contributed by atoms with E-state index in [0.717, 1.165) is 29.5 Å². The molecular weight excluding hydrogens is 387 g/mol. The first kappa shape index (κ1) is 21.0. The lowest BCUT2D eigenvalue weighted by atomic mass is 9.70. The van der Waals surface area contributed by atoms with Crippen LogP contribution in [0.15, 0.2) is 85.7 Å². The summed E-state index contributed by atoms with van der Waals surface area (Å²) in [7, 11) is 0. The fraction of sp³-hybridized carbons (Fsp3) is 0.259. The van der Waals surface area contributed by atoms with Gasteiger partial charge in [0.15, 0.2) is 0 Å². The topological polar surface area (TPSA) is 33.2 Å². The number of rotatable bonds is 6. The molecular formula is C27H27FN2O. The molecule has 3 aromatic rings. The van der Waals surface area contributed by atoms with Crippen molar-refractivity contribution >= 4 is 5.91 Å². The van der Waals surface area contributed by atoms with E-state index in [2.05, 4.69) is 30.6 Å². The molecule has 2 aromatic carbocycles. The Morgan fingerprint density at radius 1 is 1.13 bits per heavy atom. The van der Waals surface area contributed by atoms with Crippen molar-refractivity contribution in [2.45, 2.75) is 37.6 Å². The fourth-order valence-electron chi connectivity index (χ4n) is 4.66. The minimum absolute atomic E-state index is 0.0234. The van der Waals surface area contributed by atoms with Crippen molar-refractivity contribution in [1.82, 2.24) is 9.88 Å². The van der Waals surface area contributed by atoms with Gasteiger partial charge in [0.1, 0.15) is 5.82 Å². The third-order valence-corrected chi connectivity index (χ3v) is 6.46. The van der Waals surface area contributed by atoms with Gasteiger partial charge in [-0.25, -0.2) is 4.39 Å². The smallest absolute Gasteiger partial charge is 0.223 e. The standard InChI is InChI=1S/C27H27FN2O/c1-3-13-27(24-7-5-4-6-8-24)14-15-30(26(31)17-27)20(2)21-9-11-22(12-10-21)23-16-25(28)19-29-18-23/h3-12,16,18-20H,1,13-15,17H2,2H3/t20-,27?/m0/s1. The van der Waals surface area contributed by atoms with Gasteiger partial charge in [0.05, 0.1) is 12.2 Å². The van der Waals surface area contributed by atoms with E-state index in [-0.39, 0.29) is 23.2 Å². The van der Waals surface area contributed by atoms with E-state index in [1.165, 1.54) is 17.8 Å². The molecule has 1 aliphatic heterocycles. The molecule has 0 spiro atoms. The number of hydrogen-bond donors (Lipinski definition) is 0. The quantitative estimate of drug-likeness (QED) is 0.458. The molecule has 1 aliphatic rings. The van der Waals surface area contributed by atoms with E-state index >= 15 is 0 Å². The Hall–Kier alpha value is -3.27. The van der Waals surface area contributed by atoms with Crippen LogP contribution < -0.4 is 0 Å². The second kappa shape index (κ2) is 8.84. The second-order valence-corrected chi connectivity index (χ2v) is 8.34. The maximum absolute atomic E-state index is 13.5. The third kappa shape index (κ3) is 4.29. The first-order chi connectivity index (χ1) is 15.0. The van der Waals surface area contributed by atoms with E-state index in [0.29, 0.717) is 13.0 Å². The molecule has 1 fully saturated rings. The van der Waals surface area contributed by atoms with Crippen molar-refractivity contribution < 1.29 is 9.18 Å². The molecule has 2 heterocycles. The van der Waals surface area contributed by atoms with Crippen LogP contribution in [0, 0.1) is 5.82 Å². The van der Waals surface area contributed by atoms with Crippen LogP contribution in [0.5, 0.6) is 0 Å². The minimum Gasteiger partial charge on any atom is -0.336 e. The molecule has 1 unspecified atom stereocenters. The predicted molar refractivity (Wildman–Crippen MR) is 122 cm³/mol. The molecule has 4 heteroatoms. The number of amides is 1. The summed E-state index contributed by atoms with van der Waals surface area (Å²) in [5.74, 6) is -0.182. The number of aromatic nitrogens is 1. The van der Waals surface area contributed by atoms with Crippen molar-refractivity contribution in [2.75, 3.05) is 6.54 Å². The SMILES string of the molecule is C=CCC1(c2ccccc2)CCN([C@@H](C)c2ccc(-c3cncc(F)c3)cc2)C(=O)C1.